The highest BCUT2D eigenvalue weighted by molar-refractivity contribution is 6.01. The van der Waals surface area contributed by atoms with Crippen LogP contribution in [-0.2, 0) is 6.42 Å². The molecule has 1 aromatic carbocycles. The molecule has 1 saturated carbocycles. The van der Waals surface area contributed by atoms with Crippen molar-refractivity contribution in [3.8, 4) is 0 Å². The lowest BCUT2D eigenvalue weighted by atomic mass is 9.85. The second kappa shape index (κ2) is 8.79. The van der Waals surface area contributed by atoms with Crippen molar-refractivity contribution in [1.82, 2.24) is 5.32 Å². The predicted octanol–water partition coefficient (Wildman–Crippen LogP) is 4.62. The summed E-state index contributed by atoms with van der Waals surface area (Å²) in [6.45, 7) is 3.01. The van der Waals surface area contributed by atoms with Gasteiger partial charge in [-0.1, -0.05) is 6.92 Å². The maximum Gasteiger partial charge on any atom is 0.391 e. The third-order valence-corrected chi connectivity index (χ3v) is 6.17. The van der Waals surface area contributed by atoms with Crippen LogP contribution in [0.3, 0.4) is 0 Å². The highest BCUT2D eigenvalue weighted by Crippen LogP contribution is 2.38. The minimum Gasteiger partial charge on any atom is -0.398 e. The first-order chi connectivity index (χ1) is 13.7. The molecule has 1 saturated heterocycles. The molecule has 3 N–H and O–H groups in total. The maximum atomic E-state index is 13.6. The number of rotatable bonds is 4. The maximum absolute atomic E-state index is 13.6. The van der Waals surface area contributed by atoms with E-state index in [4.69, 9.17) is 5.73 Å². The molecule has 0 spiro atoms. The fraction of sp³-hybridized carbons (Fsp3) is 0.667. The molecule has 2 fully saturated rings. The fourth-order valence-corrected chi connectivity index (χ4v) is 4.32. The van der Waals surface area contributed by atoms with E-state index in [9.17, 15) is 22.4 Å². The first kappa shape index (κ1) is 21.7. The number of hydrogen-bond donors (Lipinski definition) is 2. The molecule has 0 atom stereocenters. The number of piperidine rings is 1. The Balaban J connectivity index is 1.75. The number of carbonyl (C=O) groups excluding carboxylic acids is 1. The zero-order valence-electron chi connectivity index (χ0n) is 16.7. The number of nitrogens with two attached hydrogens (primary N) is 1. The lowest BCUT2D eigenvalue weighted by Crippen LogP contribution is -2.41. The Kier molecular flexibility index (Phi) is 6.58. The molecular formula is C21H29F4N3O. The van der Waals surface area contributed by atoms with E-state index >= 15 is 0 Å². The second-order valence-corrected chi connectivity index (χ2v) is 8.15. The third-order valence-electron chi connectivity index (χ3n) is 6.17. The van der Waals surface area contributed by atoms with Crippen LogP contribution in [0.2, 0.25) is 0 Å². The molecule has 0 radical (unpaired) electrons. The molecular weight excluding hydrogens is 386 g/mol. The average molecular weight is 415 g/mol. The topological polar surface area (TPSA) is 58.4 Å². The van der Waals surface area contributed by atoms with Crippen molar-refractivity contribution in [1.29, 1.82) is 0 Å². The Labute approximate surface area is 168 Å². The van der Waals surface area contributed by atoms with Crippen molar-refractivity contribution in [2.75, 3.05) is 23.7 Å². The van der Waals surface area contributed by atoms with Crippen molar-refractivity contribution >= 4 is 17.3 Å². The summed E-state index contributed by atoms with van der Waals surface area (Å²) >= 11 is 0. The summed E-state index contributed by atoms with van der Waals surface area (Å²) in [6, 6.07) is 3.26. The summed E-state index contributed by atoms with van der Waals surface area (Å²) in [5, 5.41) is 2.90. The number of anilines is 2. The number of benzene rings is 1. The van der Waals surface area contributed by atoms with Gasteiger partial charge in [-0.05, 0) is 62.6 Å². The van der Waals surface area contributed by atoms with E-state index in [0.29, 0.717) is 56.4 Å². The zero-order valence-corrected chi connectivity index (χ0v) is 16.7. The van der Waals surface area contributed by atoms with E-state index in [1.54, 1.807) is 6.07 Å². The van der Waals surface area contributed by atoms with Crippen LogP contribution in [0.4, 0.5) is 28.9 Å². The number of hydrogen-bond acceptors (Lipinski definition) is 3. The molecule has 0 bridgehead atoms. The van der Waals surface area contributed by atoms with Crippen LogP contribution >= 0.6 is 0 Å². The number of alkyl halides is 4. The van der Waals surface area contributed by atoms with Crippen LogP contribution < -0.4 is 16.0 Å². The summed E-state index contributed by atoms with van der Waals surface area (Å²) < 4.78 is 52.2. The number of carbonyl (C=O) groups is 1. The summed E-state index contributed by atoms with van der Waals surface area (Å²) in [4.78, 5) is 15.0. The standard InChI is InChI=1S/C21H29F4N3O/c1-2-13-11-19(28-9-7-15(22)8-10-28)17(12-18(13)26)20(29)27-16-5-3-14(4-6-16)21(23,24)25/h11-12,14-16H,2-10,26H2,1H3,(H,27,29)/t14-,16-. The number of nitrogens with one attached hydrogen (secondary N) is 1. The summed E-state index contributed by atoms with van der Waals surface area (Å²) in [5.41, 5.74) is 8.68. The Bertz CT molecular complexity index is 721. The Hall–Kier alpha value is -1.99. The molecule has 3 rings (SSSR count). The number of halogens is 4. The molecule has 0 aromatic heterocycles. The van der Waals surface area contributed by atoms with Gasteiger partial charge in [0.1, 0.15) is 6.17 Å². The highest BCUT2D eigenvalue weighted by Gasteiger charge is 2.41. The summed E-state index contributed by atoms with van der Waals surface area (Å²) in [7, 11) is 0. The second-order valence-electron chi connectivity index (χ2n) is 8.15. The van der Waals surface area contributed by atoms with Crippen LogP contribution in [0, 0.1) is 5.92 Å². The van der Waals surface area contributed by atoms with Gasteiger partial charge in [0.25, 0.3) is 5.91 Å². The Morgan fingerprint density at radius 2 is 1.76 bits per heavy atom. The molecule has 2 aliphatic rings. The first-order valence-corrected chi connectivity index (χ1v) is 10.4. The highest BCUT2D eigenvalue weighted by atomic mass is 19.4. The molecule has 1 heterocycles. The summed E-state index contributed by atoms with van der Waals surface area (Å²) in [6.07, 6.45) is -2.79. The van der Waals surface area contributed by atoms with Crippen molar-refractivity contribution in [3.05, 3.63) is 23.3 Å². The van der Waals surface area contributed by atoms with Crippen molar-refractivity contribution in [2.45, 2.75) is 70.3 Å². The van der Waals surface area contributed by atoms with Crippen LogP contribution in [0.5, 0.6) is 0 Å². The third kappa shape index (κ3) is 5.14. The molecule has 8 heteroatoms. The van der Waals surface area contributed by atoms with E-state index in [2.05, 4.69) is 5.32 Å². The molecule has 1 amide bonds. The summed E-state index contributed by atoms with van der Waals surface area (Å²) in [5.74, 6) is -1.61. The molecule has 162 valence electrons. The minimum absolute atomic E-state index is 0.0300. The van der Waals surface area contributed by atoms with Crippen LogP contribution in [0.1, 0.15) is 61.4 Å². The first-order valence-electron chi connectivity index (χ1n) is 10.4. The van der Waals surface area contributed by atoms with Gasteiger partial charge in [0.15, 0.2) is 0 Å². The number of nitrogen functional groups attached to an aromatic ring is 1. The average Bonchev–Trinajstić information content (AvgIpc) is 2.68. The van der Waals surface area contributed by atoms with Gasteiger partial charge in [-0.15, -0.1) is 0 Å². The smallest absolute Gasteiger partial charge is 0.391 e. The molecule has 4 nitrogen and oxygen atoms in total. The zero-order chi connectivity index (χ0) is 21.2. The van der Waals surface area contributed by atoms with Crippen molar-refractivity contribution in [2.24, 2.45) is 5.92 Å². The van der Waals surface area contributed by atoms with Gasteiger partial charge >= 0.3 is 6.18 Å². The van der Waals surface area contributed by atoms with E-state index in [1.165, 1.54) is 0 Å². The Morgan fingerprint density at radius 3 is 2.31 bits per heavy atom. The predicted molar refractivity (Wildman–Crippen MR) is 106 cm³/mol. The van der Waals surface area contributed by atoms with E-state index in [0.717, 1.165) is 11.3 Å². The van der Waals surface area contributed by atoms with Gasteiger partial charge in [0.2, 0.25) is 0 Å². The van der Waals surface area contributed by atoms with Gasteiger partial charge in [-0.25, -0.2) is 4.39 Å². The largest absolute Gasteiger partial charge is 0.398 e. The Morgan fingerprint density at radius 1 is 1.14 bits per heavy atom. The van der Waals surface area contributed by atoms with E-state index < -0.39 is 18.3 Å². The quantitative estimate of drug-likeness (QED) is 0.557. The van der Waals surface area contributed by atoms with Gasteiger partial charge < -0.3 is 16.0 Å². The molecule has 1 aliphatic carbocycles. The van der Waals surface area contributed by atoms with Gasteiger partial charge in [0.05, 0.1) is 11.5 Å². The number of nitrogens with zero attached hydrogens (tertiary/aromatic N) is 1. The van der Waals surface area contributed by atoms with Crippen LogP contribution in [0.15, 0.2) is 12.1 Å². The van der Waals surface area contributed by atoms with Gasteiger partial charge in [-0.2, -0.15) is 13.2 Å². The van der Waals surface area contributed by atoms with Crippen molar-refractivity contribution in [3.63, 3.8) is 0 Å². The van der Waals surface area contributed by atoms with Crippen LogP contribution in [0.25, 0.3) is 0 Å². The molecule has 29 heavy (non-hydrogen) atoms. The minimum atomic E-state index is -4.17. The van der Waals surface area contributed by atoms with Gasteiger partial charge in [0, 0.05) is 30.5 Å². The molecule has 0 unspecified atom stereocenters. The lowest BCUT2D eigenvalue weighted by molar-refractivity contribution is -0.182. The van der Waals surface area contributed by atoms with Crippen LogP contribution in [-0.4, -0.2) is 37.4 Å². The monoisotopic (exact) mass is 415 g/mol. The fourth-order valence-electron chi connectivity index (χ4n) is 4.32. The normalized spacial score (nSPS) is 23.8. The SMILES string of the molecule is CCc1cc(N2CCC(F)CC2)c(C(=O)N[C@H]2CC[C@H](C(F)(F)F)CC2)cc1N. The van der Waals surface area contributed by atoms with Crippen molar-refractivity contribution < 1.29 is 22.4 Å². The van der Waals surface area contributed by atoms with E-state index in [1.807, 2.05) is 17.9 Å². The molecule has 1 aromatic rings. The number of aryl methyl sites for hydroxylation is 1. The molecule has 1 aliphatic heterocycles. The van der Waals surface area contributed by atoms with E-state index in [-0.39, 0.29) is 24.8 Å². The number of amides is 1. The van der Waals surface area contributed by atoms with Gasteiger partial charge in [-0.3, -0.25) is 4.79 Å². The lowest BCUT2D eigenvalue weighted by Gasteiger charge is -2.33.